The van der Waals surface area contributed by atoms with Crippen LogP contribution in [0.3, 0.4) is 0 Å². The standard InChI is InChI=1S/C65H55FO8/c66-61-56(39-60(70-42-48-25-11-3-12-26-48)63(72-44-50-29-15-5-16-30-50)64(61)73-45-51-31-17-6-18-32-51)65(67)74-57-36-53-34-20-19-33-52(53)35-55(57)54-37-58(68-40-46-21-7-1-8-22-46)62(71-43-49-27-13-4-14-28-49)59(38-54)69-41-47-23-9-2-10-24-47/h1-34,37-39,55,57H,35-36,40-45H2/t55-,57+/m0/s1. The summed E-state index contributed by atoms with van der Waals surface area (Å²) in [6.45, 7) is 0.952. The molecule has 0 heterocycles. The van der Waals surface area contributed by atoms with Crippen molar-refractivity contribution in [2.75, 3.05) is 0 Å². The van der Waals surface area contributed by atoms with E-state index in [4.69, 9.17) is 33.2 Å². The fraction of sp³-hybridized carbons (Fsp3) is 0.154. The van der Waals surface area contributed by atoms with Crippen LogP contribution < -0.4 is 28.4 Å². The van der Waals surface area contributed by atoms with Gasteiger partial charge < -0.3 is 33.2 Å². The molecule has 370 valence electrons. The predicted octanol–water partition coefficient (Wildman–Crippen LogP) is 14.4. The summed E-state index contributed by atoms with van der Waals surface area (Å²) in [5.41, 5.74) is 7.97. The van der Waals surface area contributed by atoms with Crippen LogP contribution in [0, 0.1) is 5.82 Å². The summed E-state index contributed by atoms with van der Waals surface area (Å²) in [4.78, 5) is 15.0. The van der Waals surface area contributed by atoms with Gasteiger partial charge in [0, 0.05) is 18.4 Å². The molecule has 8 nitrogen and oxygen atoms in total. The van der Waals surface area contributed by atoms with Crippen molar-refractivity contribution in [2.24, 2.45) is 0 Å². The second-order valence-corrected chi connectivity index (χ2v) is 18.1. The highest BCUT2D eigenvalue weighted by Gasteiger charge is 2.36. The summed E-state index contributed by atoms with van der Waals surface area (Å²) in [6.07, 6.45) is 0.0851. The normalized spacial score (nSPS) is 13.7. The van der Waals surface area contributed by atoms with Gasteiger partial charge in [-0.2, -0.15) is 0 Å². The number of hydrogen-bond acceptors (Lipinski definition) is 8. The van der Waals surface area contributed by atoms with Gasteiger partial charge in [0.05, 0.1) is 0 Å². The van der Waals surface area contributed by atoms with Crippen LogP contribution in [0.5, 0.6) is 34.5 Å². The molecule has 0 bridgehead atoms. The zero-order valence-corrected chi connectivity index (χ0v) is 40.8. The van der Waals surface area contributed by atoms with Crippen LogP contribution in [0.15, 0.2) is 224 Å². The summed E-state index contributed by atoms with van der Waals surface area (Å²) >= 11 is 0. The van der Waals surface area contributed by atoms with Crippen LogP contribution in [0.2, 0.25) is 0 Å². The molecule has 0 radical (unpaired) electrons. The van der Waals surface area contributed by atoms with Gasteiger partial charge in [0.15, 0.2) is 23.1 Å². The monoisotopic (exact) mass is 982 g/mol. The Bertz CT molecular complexity index is 3170. The van der Waals surface area contributed by atoms with Crippen molar-refractivity contribution in [1.82, 2.24) is 0 Å². The molecule has 0 N–H and O–H groups in total. The molecule has 9 aromatic rings. The maximum atomic E-state index is 17.6. The van der Waals surface area contributed by atoms with Gasteiger partial charge in [0.2, 0.25) is 17.2 Å². The summed E-state index contributed by atoms with van der Waals surface area (Å²) in [6, 6.07) is 71.7. The zero-order valence-electron chi connectivity index (χ0n) is 40.8. The summed E-state index contributed by atoms with van der Waals surface area (Å²) < 4.78 is 63.4. The molecular formula is C65H55FO8. The fourth-order valence-electron chi connectivity index (χ4n) is 9.02. The molecule has 1 aliphatic rings. The van der Waals surface area contributed by atoms with Crippen molar-refractivity contribution in [2.45, 2.75) is 64.5 Å². The summed E-state index contributed by atoms with van der Waals surface area (Å²) in [5.74, 6) is -0.992. The number of fused-ring (bicyclic) bond motifs is 1. The molecule has 0 aliphatic heterocycles. The van der Waals surface area contributed by atoms with Gasteiger partial charge in [-0.1, -0.05) is 206 Å². The van der Waals surface area contributed by atoms with Crippen molar-refractivity contribution < 1.29 is 42.3 Å². The van der Waals surface area contributed by atoms with E-state index >= 15 is 9.18 Å². The largest absolute Gasteiger partial charge is 0.485 e. The molecule has 0 saturated carbocycles. The first kappa shape index (κ1) is 48.8. The topological polar surface area (TPSA) is 81.7 Å². The highest BCUT2D eigenvalue weighted by Crippen LogP contribution is 2.47. The number of rotatable bonds is 21. The zero-order chi connectivity index (χ0) is 50.3. The van der Waals surface area contributed by atoms with Gasteiger partial charge in [0.1, 0.15) is 51.3 Å². The van der Waals surface area contributed by atoms with Crippen molar-refractivity contribution in [1.29, 1.82) is 0 Å². The Morgan fingerprint density at radius 1 is 0.378 bits per heavy atom. The minimum atomic E-state index is -0.929. The SMILES string of the molecule is O=C(O[C@@H]1Cc2ccccc2C[C@H]1c1cc(OCc2ccccc2)c(OCc2ccccc2)c(OCc2ccccc2)c1)c1cc(OCc2ccccc2)c(OCc2ccccc2)c(OCc2ccccc2)c1F. The van der Waals surface area contributed by atoms with Gasteiger partial charge in [0.25, 0.3) is 0 Å². The number of halogens is 1. The first-order valence-corrected chi connectivity index (χ1v) is 24.8. The number of carbonyl (C=O) groups excluding carboxylic acids is 1. The number of esters is 1. The molecule has 1 aliphatic carbocycles. The van der Waals surface area contributed by atoms with Gasteiger partial charge in [-0.3, -0.25) is 0 Å². The lowest BCUT2D eigenvalue weighted by molar-refractivity contribution is 0.0208. The molecule has 0 spiro atoms. The van der Waals surface area contributed by atoms with Gasteiger partial charge in [-0.25, -0.2) is 9.18 Å². The van der Waals surface area contributed by atoms with Crippen LogP contribution in [-0.4, -0.2) is 12.1 Å². The predicted molar refractivity (Wildman–Crippen MR) is 283 cm³/mol. The molecular weight excluding hydrogens is 928 g/mol. The van der Waals surface area contributed by atoms with E-state index in [-0.39, 0.29) is 62.5 Å². The lowest BCUT2D eigenvalue weighted by Gasteiger charge is -2.34. The van der Waals surface area contributed by atoms with E-state index in [0.29, 0.717) is 30.1 Å². The van der Waals surface area contributed by atoms with E-state index in [9.17, 15) is 0 Å². The second-order valence-electron chi connectivity index (χ2n) is 18.1. The van der Waals surface area contributed by atoms with Gasteiger partial charge >= 0.3 is 5.97 Å². The molecule has 74 heavy (non-hydrogen) atoms. The second kappa shape index (κ2) is 24.1. The number of benzene rings is 9. The molecule has 0 fully saturated rings. The Labute approximate surface area is 431 Å². The summed E-state index contributed by atoms with van der Waals surface area (Å²) in [7, 11) is 0. The molecule has 0 amide bonds. The molecule has 2 atom stereocenters. The number of ether oxygens (including phenoxy) is 7. The third-order valence-electron chi connectivity index (χ3n) is 12.9. The number of hydrogen-bond donors (Lipinski definition) is 0. The molecule has 0 unspecified atom stereocenters. The van der Waals surface area contributed by atoms with E-state index in [2.05, 4.69) is 6.07 Å². The van der Waals surface area contributed by atoms with Crippen molar-refractivity contribution >= 4 is 5.97 Å². The Morgan fingerprint density at radius 3 is 1.11 bits per heavy atom. The highest BCUT2D eigenvalue weighted by molar-refractivity contribution is 5.92. The Morgan fingerprint density at radius 2 is 0.703 bits per heavy atom. The van der Waals surface area contributed by atoms with Crippen molar-refractivity contribution in [3.63, 3.8) is 0 Å². The van der Waals surface area contributed by atoms with Crippen LogP contribution in [-0.2, 0) is 57.2 Å². The first-order chi connectivity index (χ1) is 36.5. The van der Waals surface area contributed by atoms with Crippen LogP contribution >= 0.6 is 0 Å². The van der Waals surface area contributed by atoms with E-state index < -0.39 is 23.8 Å². The smallest absolute Gasteiger partial charge is 0.341 e. The lowest BCUT2D eigenvalue weighted by Crippen LogP contribution is -2.33. The first-order valence-electron chi connectivity index (χ1n) is 24.8. The molecule has 9 aromatic carbocycles. The lowest BCUT2D eigenvalue weighted by atomic mass is 9.78. The quantitative estimate of drug-likeness (QED) is 0.0659. The van der Waals surface area contributed by atoms with Gasteiger partial charge in [-0.15, -0.1) is 0 Å². The Balaban J connectivity index is 1.04. The maximum absolute atomic E-state index is 17.6. The number of carbonyl (C=O) groups is 1. The molecule has 9 heteroatoms. The van der Waals surface area contributed by atoms with Crippen LogP contribution in [0.1, 0.15) is 66.3 Å². The molecule has 0 aromatic heterocycles. The average molecular weight is 983 g/mol. The van der Waals surface area contributed by atoms with Gasteiger partial charge in [-0.05, 0) is 68.6 Å². The summed E-state index contributed by atoms with van der Waals surface area (Å²) in [5, 5.41) is 0. The minimum absolute atomic E-state index is 0.00796. The van der Waals surface area contributed by atoms with Crippen molar-refractivity contribution in [3.8, 4) is 34.5 Å². The van der Waals surface area contributed by atoms with E-state index in [1.54, 1.807) is 0 Å². The average Bonchev–Trinajstić information content (AvgIpc) is 3.46. The Kier molecular flexibility index (Phi) is 15.9. The van der Waals surface area contributed by atoms with E-state index in [1.807, 2.05) is 212 Å². The third kappa shape index (κ3) is 12.4. The minimum Gasteiger partial charge on any atom is -0.485 e. The third-order valence-corrected chi connectivity index (χ3v) is 12.9. The van der Waals surface area contributed by atoms with Crippen LogP contribution in [0.4, 0.5) is 4.39 Å². The fourth-order valence-corrected chi connectivity index (χ4v) is 9.02. The Hall–Kier alpha value is -8.82. The van der Waals surface area contributed by atoms with Crippen molar-refractivity contribution in [3.05, 3.63) is 286 Å². The highest BCUT2D eigenvalue weighted by atomic mass is 19.1. The molecule has 10 rings (SSSR count). The van der Waals surface area contributed by atoms with E-state index in [1.165, 1.54) is 6.07 Å². The maximum Gasteiger partial charge on any atom is 0.341 e. The molecule has 0 saturated heterocycles. The van der Waals surface area contributed by atoms with Crippen LogP contribution in [0.25, 0.3) is 0 Å². The van der Waals surface area contributed by atoms with E-state index in [0.717, 1.165) is 50.1 Å².